The molecule has 0 radical (unpaired) electrons. The first kappa shape index (κ1) is 18.5. The Hall–Kier alpha value is -1.29. The molecular weight excluding hydrogens is 378 g/mol. The Morgan fingerprint density at radius 1 is 1.48 bits per heavy atom. The number of carbonyl (C=O) groups is 1. The van der Waals surface area contributed by atoms with Gasteiger partial charge in [-0.05, 0) is 37.6 Å². The van der Waals surface area contributed by atoms with E-state index < -0.39 is 16.1 Å². The number of nitrogens with zero attached hydrogens (tertiary/aromatic N) is 2. The summed E-state index contributed by atoms with van der Waals surface area (Å²) in [7, 11) is -3.61. The van der Waals surface area contributed by atoms with Gasteiger partial charge < -0.3 is 5.32 Å². The van der Waals surface area contributed by atoms with Crippen molar-refractivity contribution >= 4 is 38.6 Å². The molecule has 1 aliphatic heterocycles. The number of hydrogen-bond acceptors (Lipinski definition) is 6. The van der Waals surface area contributed by atoms with Crippen molar-refractivity contribution in [1.29, 1.82) is 0 Å². The molecule has 3 heterocycles. The summed E-state index contributed by atoms with van der Waals surface area (Å²) >= 11 is 2.75. The highest BCUT2D eigenvalue weighted by Crippen LogP contribution is 2.29. The normalized spacial score (nSPS) is 19.8. The van der Waals surface area contributed by atoms with E-state index in [9.17, 15) is 13.2 Å². The van der Waals surface area contributed by atoms with E-state index in [0.717, 1.165) is 17.1 Å². The molecule has 2 atom stereocenters. The van der Waals surface area contributed by atoms with Crippen molar-refractivity contribution < 1.29 is 13.2 Å². The first-order chi connectivity index (χ1) is 11.9. The summed E-state index contributed by atoms with van der Waals surface area (Å²) in [6.45, 7) is 4.29. The summed E-state index contributed by atoms with van der Waals surface area (Å²) in [6, 6.07) is 2.39. The minimum Gasteiger partial charge on any atom is -0.347 e. The van der Waals surface area contributed by atoms with Gasteiger partial charge in [-0.25, -0.2) is 13.4 Å². The topological polar surface area (TPSA) is 79.4 Å². The van der Waals surface area contributed by atoms with Gasteiger partial charge in [0.25, 0.3) is 10.0 Å². The molecule has 0 aliphatic carbocycles. The maximum absolute atomic E-state index is 12.8. The van der Waals surface area contributed by atoms with Gasteiger partial charge in [-0.15, -0.1) is 22.7 Å². The Labute approximate surface area is 155 Å². The third-order valence-electron chi connectivity index (χ3n) is 4.24. The molecule has 0 bridgehead atoms. The summed E-state index contributed by atoms with van der Waals surface area (Å²) in [5.41, 5.74) is 0.820. The number of aryl methyl sites for hydroxylation is 1. The van der Waals surface area contributed by atoms with Gasteiger partial charge in [0.15, 0.2) is 0 Å². The number of carbonyl (C=O) groups excluding carboxylic acids is 1. The number of amides is 1. The van der Waals surface area contributed by atoms with Crippen LogP contribution in [-0.4, -0.2) is 36.2 Å². The van der Waals surface area contributed by atoms with E-state index >= 15 is 0 Å². The lowest BCUT2D eigenvalue weighted by Gasteiger charge is -2.24. The van der Waals surface area contributed by atoms with Gasteiger partial charge in [0.2, 0.25) is 5.91 Å². The maximum Gasteiger partial charge on any atom is 0.253 e. The molecule has 2 unspecified atom stereocenters. The van der Waals surface area contributed by atoms with Crippen molar-refractivity contribution in [3.8, 4) is 0 Å². The number of hydrogen-bond donors (Lipinski definition) is 1. The zero-order valence-corrected chi connectivity index (χ0v) is 16.6. The standard InChI is InChI=1S/C16H21N3O3S3/c1-3-14-18-12(10-24-14)11(2)17-16(20)13-6-4-8-19(13)25(21,22)15-7-5-9-23-15/h5,7,9-11,13H,3-4,6,8H2,1-2H3,(H,17,20). The molecule has 136 valence electrons. The Morgan fingerprint density at radius 2 is 2.28 bits per heavy atom. The summed E-state index contributed by atoms with van der Waals surface area (Å²) < 4.78 is 27.1. The summed E-state index contributed by atoms with van der Waals surface area (Å²) in [6.07, 6.45) is 2.09. The Balaban J connectivity index is 1.72. The molecule has 25 heavy (non-hydrogen) atoms. The smallest absolute Gasteiger partial charge is 0.253 e. The molecular formula is C16H21N3O3S3. The number of sulfonamides is 1. The number of thiophene rings is 1. The summed E-state index contributed by atoms with van der Waals surface area (Å²) in [5, 5.41) is 7.63. The van der Waals surface area contributed by atoms with Crippen molar-refractivity contribution in [2.75, 3.05) is 6.54 Å². The number of nitrogens with one attached hydrogen (secondary N) is 1. The third kappa shape index (κ3) is 3.79. The van der Waals surface area contributed by atoms with Gasteiger partial charge in [0, 0.05) is 11.9 Å². The average molecular weight is 400 g/mol. The minimum atomic E-state index is -3.61. The molecule has 1 aliphatic rings. The van der Waals surface area contributed by atoms with E-state index in [0.29, 0.717) is 19.4 Å². The third-order valence-corrected chi connectivity index (χ3v) is 8.53. The molecule has 2 aromatic heterocycles. The van der Waals surface area contributed by atoms with Crippen LogP contribution in [0.15, 0.2) is 27.1 Å². The molecule has 2 aromatic rings. The molecule has 1 saturated heterocycles. The SMILES string of the molecule is CCc1nc(C(C)NC(=O)C2CCCN2S(=O)(=O)c2cccs2)cs1. The van der Waals surface area contributed by atoms with E-state index in [1.807, 2.05) is 19.2 Å². The van der Waals surface area contributed by atoms with Crippen molar-refractivity contribution in [3.05, 3.63) is 33.6 Å². The van der Waals surface area contributed by atoms with Crippen LogP contribution in [0.4, 0.5) is 0 Å². The predicted molar refractivity (Wildman–Crippen MR) is 99.3 cm³/mol. The highest BCUT2D eigenvalue weighted by atomic mass is 32.2. The zero-order valence-electron chi connectivity index (χ0n) is 14.1. The molecule has 1 N–H and O–H groups in total. The van der Waals surface area contributed by atoms with E-state index in [2.05, 4.69) is 10.3 Å². The quantitative estimate of drug-likeness (QED) is 0.810. The lowest BCUT2D eigenvalue weighted by atomic mass is 10.2. The number of aromatic nitrogens is 1. The summed E-state index contributed by atoms with van der Waals surface area (Å²) in [5.74, 6) is -0.254. The molecule has 0 spiro atoms. The second-order valence-corrected chi connectivity index (χ2v) is 9.96. The lowest BCUT2D eigenvalue weighted by Crippen LogP contribution is -2.46. The lowest BCUT2D eigenvalue weighted by molar-refractivity contribution is -0.124. The van der Waals surface area contributed by atoms with E-state index in [1.54, 1.807) is 28.8 Å². The van der Waals surface area contributed by atoms with E-state index in [4.69, 9.17) is 0 Å². The highest BCUT2D eigenvalue weighted by Gasteiger charge is 2.40. The number of rotatable bonds is 6. The first-order valence-corrected chi connectivity index (χ1v) is 11.4. The van der Waals surface area contributed by atoms with Crippen LogP contribution in [0.1, 0.15) is 43.4 Å². The van der Waals surface area contributed by atoms with Crippen molar-refractivity contribution in [2.24, 2.45) is 0 Å². The average Bonchev–Trinajstić information content (AvgIpc) is 3.35. The molecule has 1 fully saturated rings. The summed E-state index contributed by atoms with van der Waals surface area (Å²) in [4.78, 5) is 17.2. The van der Waals surface area contributed by atoms with Gasteiger partial charge in [-0.2, -0.15) is 4.31 Å². The van der Waals surface area contributed by atoms with Gasteiger partial charge in [-0.1, -0.05) is 13.0 Å². The van der Waals surface area contributed by atoms with Crippen LogP contribution in [0, 0.1) is 0 Å². The zero-order chi connectivity index (χ0) is 18.0. The molecule has 0 aromatic carbocycles. The predicted octanol–water partition coefficient (Wildman–Crippen LogP) is 2.80. The second-order valence-electron chi connectivity index (χ2n) is 5.96. The monoisotopic (exact) mass is 399 g/mol. The molecule has 3 rings (SSSR count). The molecule has 1 amide bonds. The highest BCUT2D eigenvalue weighted by molar-refractivity contribution is 7.91. The van der Waals surface area contributed by atoms with Crippen LogP contribution in [0.3, 0.4) is 0 Å². The van der Waals surface area contributed by atoms with E-state index in [-0.39, 0.29) is 16.2 Å². The molecule has 9 heteroatoms. The van der Waals surface area contributed by atoms with Crippen molar-refractivity contribution in [1.82, 2.24) is 14.6 Å². The van der Waals surface area contributed by atoms with Crippen LogP contribution in [0.5, 0.6) is 0 Å². The van der Waals surface area contributed by atoms with Crippen LogP contribution in [0.25, 0.3) is 0 Å². The van der Waals surface area contributed by atoms with Crippen LogP contribution in [-0.2, 0) is 21.2 Å². The number of thiazole rings is 1. The van der Waals surface area contributed by atoms with Crippen LogP contribution < -0.4 is 5.32 Å². The van der Waals surface area contributed by atoms with Gasteiger partial charge >= 0.3 is 0 Å². The van der Waals surface area contributed by atoms with Gasteiger partial charge in [0.05, 0.1) is 16.7 Å². The Morgan fingerprint density at radius 3 is 2.92 bits per heavy atom. The van der Waals surface area contributed by atoms with Crippen LogP contribution >= 0.6 is 22.7 Å². The van der Waals surface area contributed by atoms with Crippen molar-refractivity contribution in [2.45, 2.75) is 49.4 Å². The Bertz CT molecular complexity index is 830. The van der Waals surface area contributed by atoms with Gasteiger partial charge in [-0.3, -0.25) is 4.79 Å². The van der Waals surface area contributed by atoms with Crippen molar-refractivity contribution in [3.63, 3.8) is 0 Å². The molecule has 6 nitrogen and oxygen atoms in total. The van der Waals surface area contributed by atoms with Crippen LogP contribution in [0.2, 0.25) is 0 Å². The fraction of sp³-hybridized carbons (Fsp3) is 0.500. The largest absolute Gasteiger partial charge is 0.347 e. The fourth-order valence-corrected chi connectivity index (χ4v) is 6.50. The Kier molecular flexibility index (Phi) is 5.57. The van der Waals surface area contributed by atoms with E-state index in [1.165, 1.54) is 15.6 Å². The maximum atomic E-state index is 12.8. The fourth-order valence-electron chi connectivity index (χ4n) is 2.89. The molecule has 0 saturated carbocycles. The second kappa shape index (κ2) is 7.53. The van der Waals surface area contributed by atoms with Gasteiger partial charge in [0.1, 0.15) is 10.3 Å². The first-order valence-electron chi connectivity index (χ1n) is 8.23. The minimum absolute atomic E-state index is 0.240.